The standard InChI is InChI=1S/C25H39N3O3.ClH/c1-19-18-27(14-13-25(19,2)20-7-6-10-22(29)17-20)15-16-28(21-8-4-3-5-9-21)24(31)12-11-23(26)30;/h6-7,10,17,19,21,29H,3-5,8-9,11-16,18H2,1-2H3,(H2,26,30);1H/t19-,25-;/m0./s1. The van der Waals surface area contributed by atoms with Gasteiger partial charge in [-0.25, -0.2) is 0 Å². The van der Waals surface area contributed by atoms with E-state index in [1.165, 1.54) is 24.8 Å². The number of carbonyl (C=O) groups is 2. The molecule has 3 rings (SSSR count). The Labute approximate surface area is 198 Å². The molecule has 1 aromatic carbocycles. The number of aromatic hydroxyl groups is 1. The maximum absolute atomic E-state index is 12.9. The number of piperidine rings is 1. The molecule has 180 valence electrons. The molecule has 1 heterocycles. The van der Waals surface area contributed by atoms with E-state index in [9.17, 15) is 14.7 Å². The summed E-state index contributed by atoms with van der Waals surface area (Å²) in [6.45, 7) is 8.11. The van der Waals surface area contributed by atoms with Crippen LogP contribution in [0.1, 0.15) is 70.8 Å². The van der Waals surface area contributed by atoms with Gasteiger partial charge in [-0.15, -0.1) is 12.4 Å². The van der Waals surface area contributed by atoms with E-state index in [1.807, 2.05) is 17.0 Å². The van der Waals surface area contributed by atoms with Crippen molar-refractivity contribution in [1.82, 2.24) is 9.80 Å². The first-order chi connectivity index (χ1) is 14.8. The van der Waals surface area contributed by atoms with Gasteiger partial charge < -0.3 is 20.6 Å². The third-order valence-corrected chi connectivity index (χ3v) is 7.65. The van der Waals surface area contributed by atoms with E-state index in [-0.39, 0.29) is 36.6 Å². The number of hydrogen-bond acceptors (Lipinski definition) is 4. The Bertz CT molecular complexity index is 769. The van der Waals surface area contributed by atoms with Crippen LogP contribution in [0.25, 0.3) is 0 Å². The van der Waals surface area contributed by atoms with E-state index < -0.39 is 5.91 Å². The topological polar surface area (TPSA) is 86.9 Å². The summed E-state index contributed by atoms with van der Waals surface area (Å²) in [5.74, 6) is 0.427. The largest absolute Gasteiger partial charge is 0.508 e. The third kappa shape index (κ3) is 6.61. The molecule has 0 bridgehead atoms. The number of hydrogen-bond donors (Lipinski definition) is 2. The molecule has 32 heavy (non-hydrogen) atoms. The Morgan fingerprint density at radius 1 is 1.22 bits per heavy atom. The summed E-state index contributed by atoms with van der Waals surface area (Å²) in [5.41, 5.74) is 6.51. The van der Waals surface area contributed by atoms with E-state index in [1.54, 1.807) is 6.07 Å². The summed E-state index contributed by atoms with van der Waals surface area (Å²) in [5, 5.41) is 9.92. The lowest BCUT2D eigenvalue weighted by atomic mass is 9.68. The van der Waals surface area contributed by atoms with Gasteiger partial charge in [0.25, 0.3) is 0 Å². The Kier molecular flexibility index (Phi) is 9.83. The van der Waals surface area contributed by atoms with Crippen LogP contribution < -0.4 is 5.73 Å². The van der Waals surface area contributed by atoms with Crippen LogP contribution in [0.5, 0.6) is 5.75 Å². The average molecular weight is 466 g/mol. The maximum atomic E-state index is 12.9. The van der Waals surface area contributed by atoms with Crippen LogP contribution in [-0.4, -0.2) is 58.9 Å². The minimum Gasteiger partial charge on any atom is -0.508 e. The minimum absolute atomic E-state index is 0. The Morgan fingerprint density at radius 2 is 1.94 bits per heavy atom. The zero-order valence-corrected chi connectivity index (χ0v) is 20.4. The predicted molar refractivity (Wildman–Crippen MR) is 130 cm³/mol. The van der Waals surface area contributed by atoms with E-state index >= 15 is 0 Å². The molecule has 7 heteroatoms. The molecule has 1 aromatic rings. The summed E-state index contributed by atoms with van der Waals surface area (Å²) >= 11 is 0. The predicted octanol–water partition coefficient (Wildman–Crippen LogP) is 3.84. The molecular formula is C25H40ClN3O3. The molecule has 2 aliphatic rings. The fourth-order valence-corrected chi connectivity index (χ4v) is 5.34. The number of rotatable bonds is 8. The van der Waals surface area contributed by atoms with Gasteiger partial charge in [0.1, 0.15) is 5.75 Å². The van der Waals surface area contributed by atoms with Crippen molar-refractivity contribution in [3.05, 3.63) is 29.8 Å². The van der Waals surface area contributed by atoms with Gasteiger partial charge in [0.05, 0.1) is 0 Å². The van der Waals surface area contributed by atoms with Crippen LogP contribution in [0.4, 0.5) is 0 Å². The minimum atomic E-state index is -0.409. The number of amides is 2. The average Bonchev–Trinajstić information content (AvgIpc) is 2.75. The highest BCUT2D eigenvalue weighted by Crippen LogP contribution is 2.40. The second kappa shape index (κ2) is 11.9. The van der Waals surface area contributed by atoms with Crippen LogP contribution >= 0.6 is 12.4 Å². The number of nitrogens with two attached hydrogens (primary N) is 1. The molecule has 2 atom stereocenters. The highest BCUT2D eigenvalue weighted by Gasteiger charge is 2.38. The Hall–Kier alpha value is -1.79. The number of benzene rings is 1. The summed E-state index contributed by atoms with van der Waals surface area (Å²) < 4.78 is 0. The van der Waals surface area contributed by atoms with Crippen LogP contribution in [0.2, 0.25) is 0 Å². The molecule has 2 fully saturated rings. The summed E-state index contributed by atoms with van der Waals surface area (Å²) in [6.07, 6.45) is 7.10. The fourth-order valence-electron chi connectivity index (χ4n) is 5.34. The van der Waals surface area contributed by atoms with Crippen molar-refractivity contribution < 1.29 is 14.7 Å². The molecule has 1 aliphatic heterocycles. The van der Waals surface area contributed by atoms with Crippen LogP contribution in [0, 0.1) is 5.92 Å². The van der Waals surface area contributed by atoms with E-state index in [0.717, 1.165) is 45.4 Å². The smallest absolute Gasteiger partial charge is 0.223 e. The van der Waals surface area contributed by atoms with Crippen molar-refractivity contribution >= 4 is 24.2 Å². The van der Waals surface area contributed by atoms with Crippen molar-refractivity contribution in [2.75, 3.05) is 26.2 Å². The number of carbonyl (C=O) groups excluding carboxylic acids is 2. The van der Waals surface area contributed by atoms with Gasteiger partial charge in [0.2, 0.25) is 11.8 Å². The Morgan fingerprint density at radius 3 is 2.56 bits per heavy atom. The van der Waals surface area contributed by atoms with Crippen molar-refractivity contribution in [3.8, 4) is 5.75 Å². The van der Waals surface area contributed by atoms with E-state index in [4.69, 9.17) is 5.73 Å². The van der Waals surface area contributed by atoms with Crippen LogP contribution in [0.15, 0.2) is 24.3 Å². The highest BCUT2D eigenvalue weighted by molar-refractivity contribution is 5.85. The molecule has 1 aliphatic carbocycles. The van der Waals surface area contributed by atoms with Crippen molar-refractivity contribution in [3.63, 3.8) is 0 Å². The summed E-state index contributed by atoms with van der Waals surface area (Å²) in [7, 11) is 0. The lowest BCUT2D eigenvalue weighted by Crippen LogP contribution is -2.51. The molecule has 2 amide bonds. The molecular weight excluding hydrogens is 426 g/mol. The van der Waals surface area contributed by atoms with Crippen molar-refractivity contribution in [1.29, 1.82) is 0 Å². The van der Waals surface area contributed by atoms with E-state index in [0.29, 0.717) is 17.7 Å². The SMILES string of the molecule is C[C@H]1CN(CCN(C(=O)CCC(N)=O)C2CCCCC2)CC[C@]1(C)c1cccc(O)c1.Cl. The zero-order valence-electron chi connectivity index (χ0n) is 19.6. The normalized spacial score (nSPS) is 24.5. The second-order valence-corrected chi connectivity index (χ2v) is 9.76. The quantitative estimate of drug-likeness (QED) is 0.610. The molecule has 0 unspecified atom stereocenters. The van der Waals surface area contributed by atoms with Gasteiger partial charge in [0, 0.05) is 38.5 Å². The van der Waals surface area contributed by atoms with Crippen molar-refractivity contribution in [2.45, 2.75) is 76.7 Å². The van der Waals surface area contributed by atoms with Gasteiger partial charge in [-0.3, -0.25) is 9.59 Å². The van der Waals surface area contributed by atoms with Crippen LogP contribution in [0.3, 0.4) is 0 Å². The molecule has 1 saturated carbocycles. The number of primary amides is 1. The lowest BCUT2D eigenvalue weighted by Gasteiger charge is -2.46. The zero-order chi connectivity index (χ0) is 22.4. The first-order valence-corrected chi connectivity index (χ1v) is 11.9. The van der Waals surface area contributed by atoms with Gasteiger partial charge in [-0.2, -0.15) is 0 Å². The molecule has 0 aromatic heterocycles. The van der Waals surface area contributed by atoms with Crippen molar-refractivity contribution in [2.24, 2.45) is 11.7 Å². The molecule has 0 radical (unpaired) electrons. The number of likely N-dealkylation sites (tertiary alicyclic amines) is 1. The molecule has 0 spiro atoms. The lowest BCUT2D eigenvalue weighted by molar-refractivity contribution is -0.136. The monoisotopic (exact) mass is 465 g/mol. The number of phenolic OH excluding ortho intramolecular Hbond substituents is 1. The molecule has 1 saturated heterocycles. The second-order valence-electron chi connectivity index (χ2n) is 9.76. The number of phenols is 1. The van der Waals surface area contributed by atoms with Gasteiger partial charge in [0.15, 0.2) is 0 Å². The van der Waals surface area contributed by atoms with Gasteiger partial charge in [-0.05, 0) is 54.8 Å². The molecule has 3 N–H and O–H groups in total. The van der Waals surface area contributed by atoms with E-state index in [2.05, 4.69) is 24.8 Å². The first kappa shape index (κ1) is 26.5. The van der Waals surface area contributed by atoms with Crippen LogP contribution in [-0.2, 0) is 15.0 Å². The molecule has 6 nitrogen and oxygen atoms in total. The maximum Gasteiger partial charge on any atom is 0.223 e. The Balaban J connectivity index is 0.00000363. The highest BCUT2D eigenvalue weighted by atomic mass is 35.5. The first-order valence-electron chi connectivity index (χ1n) is 11.9. The third-order valence-electron chi connectivity index (χ3n) is 7.65. The van der Waals surface area contributed by atoms with Gasteiger partial charge >= 0.3 is 0 Å². The number of halogens is 1. The van der Waals surface area contributed by atoms with Gasteiger partial charge in [-0.1, -0.05) is 45.2 Å². The summed E-state index contributed by atoms with van der Waals surface area (Å²) in [4.78, 5) is 28.6. The summed E-state index contributed by atoms with van der Waals surface area (Å²) in [6, 6.07) is 7.97. The fraction of sp³-hybridized carbons (Fsp3) is 0.680. The number of nitrogens with zero attached hydrogens (tertiary/aromatic N) is 2.